The molecule has 5 nitrogen and oxygen atoms in total. The van der Waals surface area contributed by atoms with Gasteiger partial charge >= 0.3 is 0 Å². The molecule has 2 N–H and O–H groups in total. The number of pyridine rings is 1. The number of hydrogen-bond acceptors (Lipinski definition) is 4. The second-order valence-corrected chi connectivity index (χ2v) is 5.83. The minimum absolute atomic E-state index is 0.0438. The van der Waals surface area contributed by atoms with Gasteiger partial charge in [-0.25, -0.2) is 9.37 Å². The summed E-state index contributed by atoms with van der Waals surface area (Å²) in [6, 6.07) is 9.43. The summed E-state index contributed by atoms with van der Waals surface area (Å²) in [7, 11) is 0. The SMILES string of the molecule is O=C(NCc1ccc(Oc2cccc(F)c2)nc1)C1CCCNC1. The smallest absolute Gasteiger partial charge is 0.224 e. The molecule has 0 bridgehead atoms. The fraction of sp³-hybridized carbons (Fsp3) is 0.333. The molecule has 0 spiro atoms. The Kier molecular flexibility index (Phi) is 5.38. The van der Waals surface area contributed by atoms with Crippen molar-refractivity contribution in [2.75, 3.05) is 13.1 Å². The van der Waals surface area contributed by atoms with Crippen molar-refractivity contribution < 1.29 is 13.9 Å². The Hall–Kier alpha value is -2.47. The second kappa shape index (κ2) is 7.88. The van der Waals surface area contributed by atoms with Crippen LogP contribution in [0.4, 0.5) is 4.39 Å². The van der Waals surface area contributed by atoms with Crippen LogP contribution in [-0.2, 0) is 11.3 Å². The molecule has 24 heavy (non-hydrogen) atoms. The molecule has 2 aromatic rings. The number of nitrogens with zero attached hydrogens (tertiary/aromatic N) is 1. The van der Waals surface area contributed by atoms with Crippen molar-refractivity contribution in [1.29, 1.82) is 0 Å². The molecule has 0 radical (unpaired) electrons. The lowest BCUT2D eigenvalue weighted by atomic mass is 9.99. The lowest BCUT2D eigenvalue weighted by Gasteiger charge is -2.21. The Morgan fingerprint density at radius 1 is 1.38 bits per heavy atom. The Morgan fingerprint density at radius 2 is 2.29 bits per heavy atom. The molecule has 126 valence electrons. The molecule has 2 heterocycles. The zero-order valence-corrected chi connectivity index (χ0v) is 13.3. The predicted octanol–water partition coefficient (Wildman–Crippen LogP) is 2.63. The average molecular weight is 329 g/mol. The molecule has 1 atom stereocenters. The highest BCUT2D eigenvalue weighted by Gasteiger charge is 2.20. The topological polar surface area (TPSA) is 63.2 Å². The van der Waals surface area contributed by atoms with Gasteiger partial charge in [-0.1, -0.05) is 12.1 Å². The van der Waals surface area contributed by atoms with Crippen LogP contribution in [0, 0.1) is 11.7 Å². The first kappa shape index (κ1) is 16.4. The largest absolute Gasteiger partial charge is 0.439 e. The molecule has 0 aliphatic carbocycles. The summed E-state index contributed by atoms with van der Waals surface area (Å²) >= 11 is 0. The van der Waals surface area contributed by atoms with Crippen molar-refractivity contribution in [3.63, 3.8) is 0 Å². The van der Waals surface area contributed by atoms with Gasteiger partial charge in [0, 0.05) is 31.4 Å². The standard InChI is InChI=1S/C18H20FN3O2/c19-15-4-1-5-16(9-15)24-17-7-6-13(10-21-17)11-22-18(23)14-3-2-8-20-12-14/h1,4-7,9-10,14,20H,2-3,8,11-12H2,(H,22,23). The number of halogens is 1. The molecule has 6 heteroatoms. The summed E-state index contributed by atoms with van der Waals surface area (Å²) in [5.41, 5.74) is 0.888. The molecule has 1 aliphatic rings. The fourth-order valence-corrected chi connectivity index (χ4v) is 2.64. The summed E-state index contributed by atoms with van der Waals surface area (Å²) in [6.07, 6.45) is 3.61. The quantitative estimate of drug-likeness (QED) is 0.885. The zero-order chi connectivity index (χ0) is 16.8. The van der Waals surface area contributed by atoms with E-state index in [-0.39, 0.29) is 17.6 Å². The monoisotopic (exact) mass is 329 g/mol. The van der Waals surface area contributed by atoms with Crippen molar-refractivity contribution in [2.45, 2.75) is 19.4 Å². The van der Waals surface area contributed by atoms with E-state index in [9.17, 15) is 9.18 Å². The maximum Gasteiger partial charge on any atom is 0.224 e. The number of piperidine rings is 1. The van der Waals surface area contributed by atoms with Gasteiger partial charge < -0.3 is 15.4 Å². The fourth-order valence-electron chi connectivity index (χ4n) is 2.64. The summed E-state index contributed by atoms with van der Waals surface area (Å²) in [6.45, 7) is 2.16. The van der Waals surface area contributed by atoms with Gasteiger partial charge in [0.15, 0.2) is 0 Å². The molecular formula is C18H20FN3O2. The highest BCUT2D eigenvalue weighted by atomic mass is 19.1. The summed E-state index contributed by atoms with van der Waals surface area (Å²) in [5, 5.41) is 6.17. The lowest BCUT2D eigenvalue weighted by molar-refractivity contribution is -0.125. The molecule has 1 fully saturated rings. The van der Waals surface area contributed by atoms with E-state index in [2.05, 4.69) is 15.6 Å². The van der Waals surface area contributed by atoms with E-state index in [1.165, 1.54) is 12.1 Å². The second-order valence-electron chi connectivity index (χ2n) is 5.83. The van der Waals surface area contributed by atoms with Crippen LogP contribution in [0.1, 0.15) is 18.4 Å². The number of ether oxygens (including phenoxy) is 1. The van der Waals surface area contributed by atoms with Crippen molar-refractivity contribution in [2.24, 2.45) is 5.92 Å². The van der Waals surface area contributed by atoms with Gasteiger partial charge in [-0.15, -0.1) is 0 Å². The third-order valence-electron chi connectivity index (χ3n) is 3.95. The van der Waals surface area contributed by atoms with Crippen LogP contribution in [0.15, 0.2) is 42.6 Å². The van der Waals surface area contributed by atoms with E-state index in [1.54, 1.807) is 24.4 Å². The number of amides is 1. The van der Waals surface area contributed by atoms with Crippen LogP contribution in [-0.4, -0.2) is 24.0 Å². The summed E-state index contributed by atoms with van der Waals surface area (Å²) in [4.78, 5) is 16.3. The van der Waals surface area contributed by atoms with E-state index in [0.29, 0.717) is 18.2 Å². The minimum Gasteiger partial charge on any atom is -0.439 e. The highest BCUT2D eigenvalue weighted by Crippen LogP contribution is 2.20. The zero-order valence-electron chi connectivity index (χ0n) is 13.3. The van der Waals surface area contributed by atoms with E-state index < -0.39 is 0 Å². The number of hydrogen-bond donors (Lipinski definition) is 2. The molecular weight excluding hydrogens is 309 g/mol. The molecule has 3 rings (SSSR count). The van der Waals surface area contributed by atoms with Gasteiger partial charge in [-0.05, 0) is 37.1 Å². The molecule has 1 saturated heterocycles. The van der Waals surface area contributed by atoms with Crippen LogP contribution in [0.3, 0.4) is 0 Å². The van der Waals surface area contributed by atoms with Crippen molar-refractivity contribution >= 4 is 5.91 Å². The highest BCUT2D eigenvalue weighted by molar-refractivity contribution is 5.78. The lowest BCUT2D eigenvalue weighted by Crippen LogP contribution is -2.40. The Labute approximate surface area is 140 Å². The van der Waals surface area contributed by atoms with Gasteiger partial charge in [0.2, 0.25) is 11.8 Å². The first-order valence-corrected chi connectivity index (χ1v) is 8.07. The molecule has 1 unspecified atom stereocenters. The number of carbonyl (C=O) groups excluding carboxylic acids is 1. The number of aromatic nitrogens is 1. The normalized spacial score (nSPS) is 17.3. The van der Waals surface area contributed by atoms with Crippen LogP contribution < -0.4 is 15.4 Å². The molecule has 0 saturated carbocycles. The number of benzene rings is 1. The number of carbonyl (C=O) groups is 1. The van der Waals surface area contributed by atoms with Crippen LogP contribution >= 0.6 is 0 Å². The first-order valence-electron chi connectivity index (χ1n) is 8.07. The molecule has 1 aromatic heterocycles. The van der Waals surface area contributed by atoms with Gasteiger partial charge in [-0.2, -0.15) is 0 Å². The van der Waals surface area contributed by atoms with Gasteiger partial charge in [0.05, 0.1) is 5.92 Å². The first-order chi connectivity index (χ1) is 11.7. The summed E-state index contributed by atoms with van der Waals surface area (Å²) < 4.78 is 18.6. The Balaban J connectivity index is 1.51. The van der Waals surface area contributed by atoms with E-state index in [1.807, 2.05) is 6.07 Å². The number of rotatable bonds is 5. The Morgan fingerprint density at radius 3 is 3.00 bits per heavy atom. The molecule has 1 amide bonds. The van der Waals surface area contributed by atoms with Crippen LogP contribution in [0.5, 0.6) is 11.6 Å². The third kappa shape index (κ3) is 4.52. The molecule has 1 aliphatic heterocycles. The van der Waals surface area contributed by atoms with Crippen molar-refractivity contribution in [1.82, 2.24) is 15.6 Å². The van der Waals surface area contributed by atoms with Gasteiger partial charge in [0.1, 0.15) is 11.6 Å². The van der Waals surface area contributed by atoms with E-state index in [4.69, 9.17) is 4.74 Å². The van der Waals surface area contributed by atoms with E-state index >= 15 is 0 Å². The van der Waals surface area contributed by atoms with Crippen LogP contribution in [0.25, 0.3) is 0 Å². The maximum absolute atomic E-state index is 13.1. The third-order valence-corrected chi connectivity index (χ3v) is 3.95. The van der Waals surface area contributed by atoms with Gasteiger partial charge in [-0.3, -0.25) is 4.79 Å². The average Bonchev–Trinajstić information content (AvgIpc) is 2.62. The molecule has 1 aromatic carbocycles. The van der Waals surface area contributed by atoms with E-state index in [0.717, 1.165) is 31.5 Å². The summed E-state index contributed by atoms with van der Waals surface area (Å²) in [5.74, 6) is 0.536. The van der Waals surface area contributed by atoms with Crippen molar-refractivity contribution in [3.8, 4) is 11.6 Å². The minimum atomic E-state index is -0.357. The number of nitrogens with one attached hydrogen (secondary N) is 2. The van der Waals surface area contributed by atoms with Crippen molar-refractivity contribution in [3.05, 3.63) is 54.0 Å². The van der Waals surface area contributed by atoms with Gasteiger partial charge in [0.25, 0.3) is 0 Å². The maximum atomic E-state index is 13.1. The predicted molar refractivity (Wildman–Crippen MR) is 88.2 cm³/mol. The van der Waals surface area contributed by atoms with Crippen LogP contribution in [0.2, 0.25) is 0 Å². The Bertz CT molecular complexity index is 685.